The maximum atomic E-state index is 5.59. The summed E-state index contributed by atoms with van der Waals surface area (Å²) < 4.78 is 1.77. The van der Waals surface area contributed by atoms with Gasteiger partial charge in [-0.1, -0.05) is 12.1 Å². The first-order valence-corrected chi connectivity index (χ1v) is 4.78. The number of aromatic nitrogens is 5. The minimum Gasteiger partial charge on any atom is -0.384 e. The molecule has 2 heterocycles. The largest absolute Gasteiger partial charge is 0.384 e. The van der Waals surface area contributed by atoms with Gasteiger partial charge in [0.15, 0.2) is 5.82 Å². The van der Waals surface area contributed by atoms with Crippen LogP contribution in [0.1, 0.15) is 13.3 Å². The molecule has 0 aromatic carbocycles. The van der Waals surface area contributed by atoms with Gasteiger partial charge >= 0.3 is 0 Å². The van der Waals surface area contributed by atoms with Crippen molar-refractivity contribution < 1.29 is 0 Å². The van der Waals surface area contributed by atoms with Gasteiger partial charge in [-0.25, -0.2) is 14.6 Å². The zero-order valence-electron chi connectivity index (χ0n) is 8.46. The van der Waals surface area contributed by atoms with Crippen LogP contribution in [0.15, 0.2) is 18.5 Å². The molecule has 15 heavy (non-hydrogen) atoms. The predicted molar refractivity (Wildman–Crippen MR) is 55.8 cm³/mol. The standard InChI is InChI=1S/C9H12N6/c1-2-5-15-7(6-12-14-15)9-11-4-3-8(10)13-9/h3-4,6H,2,5H2,1H3,(H2,10,11,13). The highest BCUT2D eigenvalue weighted by molar-refractivity contribution is 5.49. The van der Waals surface area contributed by atoms with E-state index in [4.69, 9.17) is 5.73 Å². The van der Waals surface area contributed by atoms with Crippen LogP contribution in [0.2, 0.25) is 0 Å². The highest BCUT2D eigenvalue weighted by Crippen LogP contribution is 2.13. The Labute approximate surface area is 87.2 Å². The topological polar surface area (TPSA) is 82.5 Å². The molecule has 2 aromatic heterocycles. The molecule has 2 rings (SSSR count). The van der Waals surface area contributed by atoms with Gasteiger partial charge in [0, 0.05) is 12.7 Å². The van der Waals surface area contributed by atoms with Gasteiger partial charge in [-0.3, -0.25) is 0 Å². The van der Waals surface area contributed by atoms with E-state index in [2.05, 4.69) is 27.2 Å². The second-order valence-electron chi connectivity index (χ2n) is 3.15. The van der Waals surface area contributed by atoms with E-state index >= 15 is 0 Å². The van der Waals surface area contributed by atoms with Crippen molar-refractivity contribution in [1.29, 1.82) is 0 Å². The van der Waals surface area contributed by atoms with Gasteiger partial charge < -0.3 is 5.73 Å². The second kappa shape index (κ2) is 4.04. The van der Waals surface area contributed by atoms with Crippen LogP contribution in [0.3, 0.4) is 0 Å². The van der Waals surface area contributed by atoms with Crippen molar-refractivity contribution >= 4 is 5.82 Å². The van der Waals surface area contributed by atoms with Crippen molar-refractivity contribution in [2.45, 2.75) is 19.9 Å². The van der Waals surface area contributed by atoms with E-state index in [0.717, 1.165) is 18.7 Å². The van der Waals surface area contributed by atoms with Crippen molar-refractivity contribution in [1.82, 2.24) is 25.0 Å². The van der Waals surface area contributed by atoms with Crippen LogP contribution in [-0.2, 0) is 6.54 Å². The lowest BCUT2D eigenvalue weighted by Gasteiger charge is -2.02. The van der Waals surface area contributed by atoms with Crippen LogP contribution in [0.4, 0.5) is 5.82 Å². The summed E-state index contributed by atoms with van der Waals surface area (Å²) in [5, 5.41) is 7.80. The molecule has 78 valence electrons. The average molecular weight is 204 g/mol. The monoisotopic (exact) mass is 204 g/mol. The van der Waals surface area contributed by atoms with Crippen LogP contribution in [0, 0.1) is 0 Å². The van der Waals surface area contributed by atoms with Crippen LogP contribution in [0.5, 0.6) is 0 Å². The molecule has 0 fully saturated rings. The van der Waals surface area contributed by atoms with E-state index in [9.17, 15) is 0 Å². The van der Waals surface area contributed by atoms with Crippen LogP contribution < -0.4 is 5.73 Å². The van der Waals surface area contributed by atoms with E-state index in [1.807, 2.05) is 0 Å². The van der Waals surface area contributed by atoms with Gasteiger partial charge in [0.25, 0.3) is 0 Å². The van der Waals surface area contributed by atoms with E-state index in [0.29, 0.717) is 11.6 Å². The molecule has 0 bridgehead atoms. The Morgan fingerprint density at radius 3 is 3.07 bits per heavy atom. The molecule has 0 aliphatic carbocycles. The SMILES string of the molecule is CCCn1nncc1-c1nccc(N)n1. The molecule has 2 aromatic rings. The summed E-state index contributed by atoms with van der Waals surface area (Å²) >= 11 is 0. The van der Waals surface area contributed by atoms with E-state index in [1.54, 1.807) is 23.1 Å². The highest BCUT2D eigenvalue weighted by atomic mass is 15.4. The highest BCUT2D eigenvalue weighted by Gasteiger charge is 2.08. The third-order valence-corrected chi connectivity index (χ3v) is 1.96. The molecular formula is C9H12N6. The maximum absolute atomic E-state index is 5.59. The fourth-order valence-corrected chi connectivity index (χ4v) is 1.30. The summed E-state index contributed by atoms with van der Waals surface area (Å²) in [6.45, 7) is 2.87. The molecule has 0 saturated heterocycles. The molecule has 0 amide bonds. The fourth-order valence-electron chi connectivity index (χ4n) is 1.30. The number of aryl methyl sites for hydroxylation is 1. The van der Waals surface area contributed by atoms with Crippen LogP contribution in [-0.4, -0.2) is 25.0 Å². The Morgan fingerprint density at radius 1 is 1.47 bits per heavy atom. The molecule has 0 spiro atoms. The summed E-state index contributed by atoms with van der Waals surface area (Å²) in [6.07, 6.45) is 4.25. The number of nitrogens with two attached hydrogens (primary N) is 1. The first-order valence-electron chi connectivity index (χ1n) is 4.78. The van der Waals surface area contributed by atoms with Gasteiger partial charge in [0.1, 0.15) is 11.5 Å². The molecule has 2 N–H and O–H groups in total. The minimum atomic E-state index is 0.448. The Kier molecular flexibility index (Phi) is 2.57. The average Bonchev–Trinajstić information content (AvgIpc) is 2.66. The first-order chi connectivity index (χ1) is 7.31. The molecule has 0 unspecified atom stereocenters. The molecule has 0 atom stereocenters. The molecule has 0 radical (unpaired) electrons. The van der Waals surface area contributed by atoms with Crippen molar-refractivity contribution in [3.63, 3.8) is 0 Å². The Balaban J connectivity index is 2.40. The van der Waals surface area contributed by atoms with Gasteiger partial charge in [-0.05, 0) is 12.5 Å². The molecule has 6 nitrogen and oxygen atoms in total. The van der Waals surface area contributed by atoms with Crippen molar-refractivity contribution in [3.05, 3.63) is 18.5 Å². The lowest BCUT2D eigenvalue weighted by Crippen LogP contribution is -2.04. The summed E-state index contributed by atoms with van der Waals surface area (Å²) in [7, 11) is 0. The lowest BCUT2D eigenvalue weighted by molar-refractivity contribution is 0.582. The Bertz CT molecular complexity index is 449. The van der Waals surface area contributed by atoms with E-state index in [-0.39, 0.29) is 0 Å². The number of hydrogen-bond acceptors (Lipinski definition) is 5. The second-order valence-corrected chi connectivity index (χ2v) is 3.15. The van der Waals surface area contributed by atoms with Crippen LogP contribution >= 0.6 is 0 Å². The smallest absolute Gasteiger partial charge is 0.181 e. The van der Waals surface area contributed by atoms with E-state index in [1.165, 1.54) is 0 Å². The van der Waals surface area contributed by atoms with Crippen molar-refractivity contribution in [2.24, 2.45) is 0 Å². The number of nitrogen functional groups attached to an aromatic ring is 1. The predicted octanol–water partition coefficient (Wildman–Crippen LogP) is 0.727. The lowest BCUT2D eigenvalue weighted by atomic mass is 10.4. The van der Waals surface area contributed by atoms with Gasteiger partial charge in [0.05, 0.1) is 6.20 Å². The van der Waals surface area contributed by atoms with Crippen molar-refractivity contribution in [3.8, 4) is 11.5 Å². The van der Waals surface area contributed by atoms with E-state index < -0.39 is 0 Å². The van der Waals surface area contributed by atoms with Crippen LogP contribution in [0.25, 0.3) is 11.5 Å². The van der Waals surface area contributed by atoms with Gasteiger partial charge in [-0.2, -0.15) is 0 Å². The van der Waals surface area contributed by atoms with Gasteiger partial charge in [-0.15, -0.1) is 5.10 Å². The first kappa shape index (κ1) is 9.57. The summed E-state index contributed by atoms with van der Waals surface area (Å²) in [5.74, 6) is 1.01. The third-order valence-electron chi connectivity index (χ3n) is 1.96. The summed E-state index contributed by atoms with van der Waals surface area (Å²) in [4.78, 5) is 8.26. The molecule has 0 aliphatic heterocycles. The zero-order chi connectivity index (χ0) is 10.7. The normalized spacial score (nSPS) is 10.5. The van der Waals surface area contributed by atoms with Gasteiger partial charge in [0.2, 0.25) is 0 Å². The molecule has 6 heteroatoms. The van der Waals surface area contributed by atoms with Crippen molar-refractivity contribution in [2.75, 3.05) is 5.73 Å². The number of anilines is 1. The summed E-state index contributed by atoms with van der Waals surface area (Å²) in [5.41, 5.74) is 6.38. The zero-order valence-corrected chi connectivity index (χ0v) is 8.46. The fraction of sp³-hybridized carbons (Fsp3) is 0.333. The molecular weight excluding hydrogens is 192 g/mol. The minimum absolute atomic E-state index is 0.448. The number of nitrogens with zero attached hydrogens (tertiary/aromatic N) is 5. The summed E-state index contributed by atoms with van der Waals surface area (Å²) in [6, 6.07) is 1.65. The Hall–Kier alpha value is -1.98. The third kappa shape index (κ3) is 1.93. The number of hydrogen-bond donors (Lipinski definition) is 1. The Morgan fingerprint density at radius 2 is 2.33 bits per heavy atom. The molecule has 0 saturated carbocycles. The maximum Gasteiger partial charge on any atom is 0.181 e. The quantitative estimate of drug-likeness (QED) is 0.796. The molecule has 0 aliphatic rings. The number of rotatable bonds is 3.